The Hall–Kier alpha value is 0.660. The first kappa shape index (κ1) is 17.1. The summed E-state index contributed by atoms with van der Waals surface area (Å²) < 4.78 is 35.1. The van der Waals surface area contributed by atoms with Gasteiger partial charge in [-0.05, 0) is 6.07 Å². The van der Waals surface area contributed by atoms with Crippen LogP contribution in [0.5, 0.6) is 0 Å². The zero-order valence-electron chi connectivity index (χ0n) is 7.51. The number of aromatic carboxylic acids is 1. The van der Waals surface area contributed by atoms with E-state index in [1.54, 1.807) is 0 Å². The molecule has 0 aliphatic rings. The summed E-state index contributed by atoms with van der Waals surface area (Å²) in [5.41, 5.74) is 0. The first-order valence-corrected chi connectivity index (χ1v) is 4.08. The Bertz CT molecular complexity index is 408. The molecule has 0 spiro atoms. The zero-order chi connectivity index (χ0) is 9.35. The molecule has 9 heteroatoms. The fourth-order valence-electron chi connectivity index (χ4n) is 0.643. The molecule has 0 atom stereocenters. The van der Waals surface area contributed by atoms with Gasteiger partial charge in [0.2, 0.25) is 0 Å². The molecule has 0 unspecified atom stereocenters. The third kappa shape index (κ3) is 4.03. The van der Waals surface area contributed by atoms with Crippen LogP contribution in [-0.2, 0) is 10.1 Å². The van der Waals surface area contributed by atoms with Gasteiger partial charge < -0.3 is 18.9 Å². The molecule has 0 aliphatic carbocycles. The molecular weight excluding hydrogens is 234 g/mol. The Morgan fingerprint density at radius 1 is 1.36 bits per heavy atom. The van der Waals surface area contributed by atoms with Gasteiger partial charge >= 0.3 is 59.1 Å². The van der Waals surface area contributed by atoms with Crippen molar-refractivity contribution in [1.29, 1.82) is 0 Å². The topological polar surface area (TPSA) is 110 Å². The molecule has 6 nitrogen and oxygen atoms in total. The molecule has 1 heterocycles. The van der Waals surface area contributed by atoms with E-state index in [2.05, 4.69) is 4.42 Å². The first-order valence-electron chi connectivity index (χ1n) is 2.67. The molecule has 0 aromatic carbocycles. The minimum Gasteiger partial charge on any atom is -0.744 e. The number of carbonyl (C=O) groups excluding carboxylic acids is 1. The van der Waals surface area contributed by atoms with Crippen molar-refractivity contribution < 1.29 is 86.4 Å². The number of carboxylic acid groups (broad SMARTS) is 1. The average Bonchev–Trinajstić information content (AvgIpc) is 2.30. The molecule has 1 rings (SSSR count). The zero-order valence-corrected chi connectivity index (χ0v) is 12.3. The number of furan rings is 1. The number of rotatable bonds is 2. The van der Waals surface area contributed by atoms with E-state index in [0.717, 1.165) is 12.3 Å². The Morgan fingerprint density at radius 2 is 1.86 bits per heavy atom. The maximum Gasteiger partial charge on any atom is 1.00 e. The molecule has 66 valence electrons. The predicted molar refractivity (Wildman–Crippen MR) is 31.0 cm³/mol. The fourth-order valence-corrected chi connectivity index (χ4v) is 1.22. The Kier molecular flexibility index (Phi) is 7.67. The van der Waals surface area contributed by atoms with Gasteiger partial charge in [-0.2, -0.15) is 0 Å². The average molecular weight is 236 g/mol. The van der Waals surface area contributed by atoms with Crippen molar-refractivity contribution in [2.75, 3.05) is 0 Å². The summed E-state index contributed by atoms with van der Waals surface area (Å²) in [5.74, 6) is -2.81. The summed E-state index contributed by atoms with van der Waals surface area (Å²) in [6, 6.07) is 0.757. The summed E-state index contributed by atoms with van der Waals surface area (Å²) in [6.45, 7) is 0. The second kappa shape index (κ2) is 6.29. The Balaban J connectivity index is 0. The second-order valence-corrected chi connectivity index (χ2v) is 3.20. The minimum absolute atomic E-state index is 0. The minimum atomic E-state index is -4.80. The van der Waals surface area contributed by atoms with Gasteiger partial charge in [0.25, 0.3) is 0 Å². The molecule has 1 aromatic heterocycles. The summed E-state index contributed by atoms with van der Waals surface area (Å²) in [7, 11) is -4.80. The van der Waals surface area contributed by atoms with Crippen LogP contribution in [0, 0.1) is 0 Å². The van der Waals surface area contributed by atoms with Crippen molar-refractivity contribution in [3.8, 4) is 0 Å². The van der Waals surface area contributed by atoms with E-state index in [9.17, 15) is 22.9 Å². The molecule has 1 aromatic rings. The maximum absolute atomic E-state index is 10.3. The van der Waals surface area contributed by atoms with E-state index < -0.39 is 26.7 Å². The van der Waals surface area contributed by atoms with Gasteiger partial charge in [0, 0.05) is 0 Å². The van der Waals surface area contributed by atoms with E-state index >= 15 is 0 Å². The van der Waals surface area contributed by atoms with E-state index in [1.807, 2.05) is 0 Å². The van der Waals surface area contributed by atoms with Crippen LogP contribution in [0.3, 0.4) is 0 Å². The van der Waals surface area contributed by atoms with Crippen molar-refractivity contribution in [1.82, 2.24) is 0 Å². The Morgan fingerprint density at radius 3 is 2.14 bits per heavy atom. The monoisotopic (exact) mass is 236 g/mol. The molecule has 0 saturated heterocycles. The molecule has 0 radical (unpaired) electrons. The smallest absolute Gasteiger partial charge is 0.744 e. The van der Waals surface area contributed by atoms with Crippen LogP contribution >= 0.6 is 0 Å². The van der Waals surface area contributed by atoms with E-state index in [-0.39, 0.29) is 59.1 Å². The van der Waals surface area contributed by atoms with E-state index in [0.29, 0.717) is 0 Å². The van der Waals surface area contributed by atoms with Crippen molar-refractivity contribution in [2.24, 2.45) is 0 Å². The predicted octanol–water partition coefficient (Wildman–Crippen LogP) is -7.44. The van der Waals surface area contributed by atoms with Gasteiger partial charge in [-0.1, -0.05) is 0 Å². The van der Waals surface area contributed by atoms with Crippen LogP contribution in [-0.4, -0.2) is 18.9 Å². The molecule has 0 saturated carbocycles. The first-order chi connectivity index (χ1) is 5.43. The fraction of sp³-hybridized carbons (Fsp3) is 0. The molecule has 14 heavy (non-hydrogen) atoms. The molecule has 0 amide bonds. The quantitative estimate of drug-likeness (QED) is 0.372. The standard InChI is InChI=1S/C5H4O6S.2Na/c6-5(7)4-3(1-2-11-4)12(8,9)10;;/h1-2H,(H,6,7)(H,8,9,10);;/q;2*+1/p-2. The Labute approximate surface area is 124 Å². The van der Waals surface area contributed by atoms with Crippen molar-refractivity contribution in [2.45, 2.75) is 4.90 Å². The van der Waals surface area contributed by atoms with Crippen LogP contribution in [0.15, 0.2) is 21.6 Å². The molecular formula is C5H2Na2O6S. The maximum atomic E-state index is 10.3. The molecule has 0 N–H and O–H groups in total. The number of hydrogen-bond acceptors (Lipinski definition) is 6. The third-order valence-electron chi connectivity index (χ3n) is 1.08. The second-order valence-electron chi connectivity index (χ2n) is 1.86. The van der Waals surface area contributed by atoms with Crippen LogP contribution in [0.4, 0.5) is 0 Å². The van der Waals surface area contributed by atoms with Crippen LogP contribution in [0.1, 0.15) is 10.6 Å². The number of hydrogen-bond donors (Lipinski definition) is 0. The van der Waals surface area contributed by atoms with Crippen molar-refractivity contribution in [3.63, 3.8) is 0 Å². The van der Waals surface area contributed by atoms with Gasteiger partial charge in [0.1, 0.15) is 21.0 Å². The third-order valence-corrected chi connectivity index (χ3v) is 1.94. The van der Waals surface area contributed by atoms with Crippen molar-refractivity contribution in [3.05, 3.63) is 18.1 Å². The van der Waals surface area contributed by atoms with Crippen LogP contribution in [0.25, 0.3) is 0 Å². The summed E-state index contributed by atoms with van der Waals surface area (Å²) in [6.07, 6.45) is 0.788. The van der Waals surface area contributed by atoms with Gasteiger partial charge in [-0.3, -0.25) is 0 Å². The van der Waals surface area contributed by atoms with Crippen molar-refractivity contribution >= 4 is 16.1 Å². The summed E-state index contributed by atoms with van der Waals surface area (Å²) >= 11 is 0. The summed E-state index contributed by atoms with van der Waals surface area (Å²) in [5, 5.41) is 10.1. The number of carboxylic acids is 1. The van der Waals surface area contributed by atoms with Gasteiger partial charge in [-0.15, -0.1) is 0 Å². The van der Waals surface area contributed by atoms with Crippen LogP contribution in [0.2, 0.25) is 0 Å². The largest absolute Gasteiger partial charge is 1.00 e. The molecule has 0 fully saturated rings. The van der Waals surface area contributed by atoms with E-state index in [1.165, 1.54) is 0 Å². The normalized spacial score (nSPS) is 9.79. The van der Waals surface area contributed by atoms with E-state index in [4.69, 9.17) is 0 Å². The van der Waals surface area contributed by atoms with Gasteiger partial charge in [0.15, 0.2) is 5.76 Å². The van der Waals surface area contributed by atoms with Gasteiger partial charge in [-0.25, -0.2) is 8.42 Å². The molecule has 0 bridgehead atoms. The van der Waals surface area contributed by atoms with Gasteiger partial charge in [0.05, 0.1) is 6.26 Å². The number of carbonyl (C=O) groups is 1. The SMILES string of the molecule is O=C([O-])c1occc1S(=O)(=O)[O-].[Na+].[Na+]. The summed E-state index contributed by atoms with van der Waals surface area (Å²) in [4.78, 5) is 9.21. The molecule has 0 aliphatic heterocycles. The van der Waals surface area contributed by atoms with Crippen LogP contribution < -0.4 is 64.2 Å².